The molecule has 4 heteroatoms. The second-order valence-corrected chi connectivity index (χ2v) is 4.17. The molecule has 1 aromatic carbocycles. The van der Waals surface area contributed by atoms with Crippen LogP contribution in [0, 0.1) is 17.7 Å². The van der Waals surface area contributed by atoms with Gasteiger partial charge in [0.2, 0.25) is 0 Å². The molecule has 1 aliphatic carbocycles. The number of benzene rings is 1. The van der Waals surface area contributed by atoms with E-state index in [0.29, 0.717) is 5.92 Å². The molecule has 2 fully saturated rings. The van der Waals surface area contributed by atoms with E-state index in [4.69, 9.17) is 9.47 Å². The van der Waals surface area contributed by atoms with E-state index in [-0.39, 0.29) is 23.7 Å². The topological polar surface area (TPSA) is 35.5 Å². The Hall–Kier alpha value is -1.42. The molecule has 3 rings (SSSR count). The third-order valence-electron chi connectivity index (χ3n) is 3.18. The molecule has 84 valence electrons. The van der Waals surface area contributed by atoms with Crippen LogP contribution in [0.3, 0.4) is 0 Å². The molecule has 3 atom stereocenters. The first-order chi connectivity index (χ1) is 7.77. The van der Waals surface area contributed by atoms with Crippen molar-refractivity contribution < 1.29 is 18.7 Å². The van der Waals surface area contributed by atoms with Crippen molar-refractivity contribution in [2.75, 3.05) is 6.61 Å². The van der Waals surface area contributed by atoms with Gasteiger partial charge in [-0.25, -0.2) is 4.39 Å². The predicted molar refractivity (Wildman–Crippen MR) is 53.4 cm³/mol. The van der Waals surface area contributed by atoms with Crippen molar-refractivity contribution in [3.05, 3.63) is 30.1 Å². The van der Waals surface area contributed by atoms with Crippen LogP contribution in [0.5, 0.6) is 5.75 Å². The Bertz CT molecular complexity index is 422. The van der Waals surface area contributed by atoms with Crippen molar-refractivity contribution in [2.24, 2.45) is 11.8 Å². The number of esters is 1. The molecule has 0 bridgehead atoms. The number of halogens is 1. The summed E-state index contributed by atoms with van der Waals surface area (Å²) in [4.78, 5) is 11.7. The van der Waals surface area contributed by atoms with Crippen molar-refractivity contribution in [2.45, 2.75) is 12.5 Å². The van der Waals surface area contributed by atoms with Gasteiger partial charge < -0.3 is 9.47 Å². The van der Waals surface area contributed by atoms with Gasteiger partial charge in [0.25, 0.3) is 0 Å². The summed E-state index contributed by atoms with van der Waals surface area (Å²) >= 11 is 0. The standard InChI is InChI=1S/C12H11FO3/c13-8-3-1-2-4-9(8)16-12(14)10-7-5-6-15-11(7)10/h1-4,7,10-11H,5-6H2/t7-,10-,11-/m0/s1. The first kappa shape index (κ1) is 9.78. The minimum absolute atomic E-state index is 0.00234. The molecule has 2 aliphatic rings. The lowest BCUT2D eigenvalue weighted by Gasteiger charge is -2.06. The molecule has 1 aromatic rings. The summed E-state index contributed by atoms with van der Waals surface area (Å²) in [5.41, 5.74) is 0. The van der Waals surface area contributed by atoms with Gasteiger partial charge in [0.05, 0.1) is 12.0 Å². The van der Waals surface area contributed by atoms with Crippen LogP contribution in [0.4, 0.5) is 4.39 Å². The molecule has 0 amide bonds. The van der Waals surface area contributed by atoms with E-state index in [1.165, 1.54) is 12.1 Å². The molecule has 1 aliphatic heterocycles. The summed E-state index contributed by atoms with van der Waals surface area (Å²) in [5.74, 6) is -0.785. The van der Waals surface area contributed by atoms with Crippen LogP contribution in [0.2, 0.25) is 0 Å². The van der Waals surface area contributed by atoms with E-state index in [9.17, 15) is 9.18 Å². The Labute approximate surface area is 92.2 Å². The number of rotatable bonds is 2. The molecule has 0 unspecified atom stereocenters. The summed E-state index contributed by atoms with van der Waals surface area (Å²) in [5, 5.41) is 0. The fourth-order valence-corrected chi connectivity index (χ4v) is 2.27. The average molecular weight is 222 g/mol. The number of para-hydroxylation sites is 1. The van der Waals surface area contributed by atoms with Crippen molar-refractivity contribution in [3.8, 4) is 5.75 Å². The first-order valence-corrected chi connectivity index (χ1v) is 5.35. The molecule has 0 aromatic heterocycles. The van der Waals surface area contributed by atoms with Crippen molar-refractivity contribution >= 4 is 5.97 Å². The zero-order valence-corrected chi connectivity index (χ0v) is 8.56. The summed E-state index contributed by atoms with van der Waals surface area (Å²) in [6.07, 6.45) is 0.918. The number of fused-ring (bicyclic) bond motifs is 1. The highest BCUT2D eigenvalue weighted by molar-refractivity contribution is 5.79. The molecule has 0 spiro atoms. The predicted octanol–water partition coefficient (Wildman–Crippen LogP) is 1.77. The van der Waals surface area contributed by atoms with Gasteiger partial charge in [-0.05, 0) is 18.6 Å². The van der Waals surface area contributed by atoms with Crippen molar-refractivity contribution in [1.82, 2.24) is 0 Å². The maximum Gasteiger partial charge on any atom is 0.317 e. The van der Waals surface area contributed by atoms with Gasteiger partial charge in [-0.2, -0.15) is 0 Å². The van der Waals surface area contributed by atoms with Crippen LogP contribution in [0.15, 0.2) is 24.3 Å². The van der Waals surface area contributed by atoms with Crippen LogP contribution in [0.1, 0.15) is 6.42 Å². The molecule has 1 saturated carbocycles. The van der Waals surface area contributed by atoms with E-state index in [1.54, 1.807) is 12.1 Å². The summed E-state index contributed by atoms with van der Waals surface area (Å²) in [6, 6.07) is 5.91. The van der Waals surface area contributed by atoms with E-state index < -0.39 is 5.82 Å². The van der Waals surface area contributed by atoms with Gasteiger partial charge in [-0.15, -0.1) is 0 Å². The van der Waals surface area contributed by atoms with Gasteiger partial charge in [-0.3, -0.25) is 4.79 Å². The maximum atomic E-state index is 13.2. The lowest BCUT2D eigenvalue weighted by atomic mass is 10.2. The average Bonchev–Trinajstić information content (AvgIpc) is 2.76. The lowest BCUT2D eigenvalue weighted by Crippen LogP contribution is -2.16. The highest BCUT2D eigenvalue weighted by Crippen LogP contribution is 2.49. The second-order valence-electron chi connectivity index (χ2n) is 4.17. The zero-order valence-electron chi connectivity index (χ0n) is 8.56. The van der Waals surface area contributed by atoms with Gasteiger partial charge >= 0.3 is 5.97 Å². The Morgan fingerprint density at radius 2 is 2.25 bits per heavy atom. The molecule has 1 heterocycles. The van der Waals surface area contributed by atoms with E-state index >= 15 is 0 Å². The van der Waals surface area contributed by atoms with Crippen molar-refractivity contribution in [3.63, 3.8) is 0 Å². The second kappa shape index (κ2) is 3.56. The maximum absolute atomic E-state index is 13.2. The fourth-order valence-electron chi connectivity index (χ4n) is 2.27. The number of carbonyl (C=O) groups is 1. The third-order valence-corrected chi connectivity index (χ3v) is 3.18. The van der Waals surface area contributed by atoms with Gasteiger partial charge in [0.1, 0.15) is 0 Å². The normalized spacial score (nSPS) is 30.9. The van der Waals surface area contributed by atoms with E-state index in [1.807, 2.05) is 0 Å². The first-order valence-electron chi connectivity index (χ1n) is 5.35. The largest absolute Gasteiger partial charge is 0.423 e. The smallest absolute Gasteiger partial charge is 0.317 e. The minimum atomic E-state index is -0.512. The number of hydrogen-bond acceptors (Lipinski definition) is 3. The lowest BCUT2D eigenvalue weighted by molar-refractivity contribution is -0.137. The summed E-state index contributed by atoms with van der Waals surface area (Å²) in [6.45, 7) is 0.721. The zero-order chi connectivity index (χ0) is 11.1. The van der Waals surface area contributed by atoms with Crippen LogP contribution >= 0.6 is 0 Å². The van der Waals surface area contributed by atoms with Gasteiger partial charge in [-0.1, -0.05) is 12.1 Å². The fraction of sp³-hybridized carbons (Fsp3) is 0.417. The highest BCUT2D eigenvalue weighted by Gasteiger charge is 2.59. The van der Waals surface area contributed by atoms with Gasteiger partial charge in [0.15, 0.2) is 11.6 Å². The quantitative estimate of drug-likeness (QED) is 0.565. The molecular formula is C12H11FO3. The van der Waals surface area contributed by atoms with Crippen molar-refractivity contribution in [1.29, 1.82) is 0 Å². The summed E-state index contributed by atoms with van der Waals surface area (Å²) < 4.78 is 23.6. The Morgan fingerprint density at radius 3 is 2.94 bits per heavy atom. The monoisotopic (exact) mass is 222 g/mol. The van der Waals surface area contributed by atoms with Crippen LogP contribution in [-0.2, 0) is 9.53 Å². The molecule has 3 nitrogen and oxygen atoms in total. The molecule has 16 heavy (non-hydrogen) atoms. The molecule has 0 radical (unpaired) electrons. The van der Waals surface area contributed by atoms with E-state index in [0.717, 1.165) is 13.0 Å². The van der Waals surface area contributed by atoms with Crippen LogP contribution < -0.4 is 4.74 Å². The van der Waals surface area contributed by atoms with E-state index in [2.05, 4.69) is 0 Å². The molecular weight excluding hydrogens is 211 g/mol. The highest BCUT2D eigenvalue weighted by atomic mass is 19.1. The minimum Gasteiger partial charge on any atom is -0.423 e. The molecule has 0 N–H and O–H groups in total. The molecule has 1 saturated heterocycles. The number of hydrogen-bond donors (Lipinski definition) is 0. The van der Waals surface area contributed by atoms with Crippen LogP contribution in [0.25, 0.3) is 0 Å². The van der Waals surface area contributed by atoms with Gasteiger partial charge in [0, 0.05) is 12.5 Å². The Kier molecular flexibility index (Phi) is 2.17. The SMILES string of the molecule is O=C(Oc1ccccc1F)[C@H]1[C@@H]2CCO[C@@H]21. The summed E-state index contributed by atoms with van der Waals surface area (Å²) in [7, 11) is 0. The third kappa shape index (κ3) is 1.50. The number of ether oxygens (including phenoxy) is 2. The Morgan fingerprint density at radius 1 is 1.44 bits per heavy atom. The Balaban J connectivity index is 1.68. The number of carbonyl (C=O) groups excluding carboxylic acids is 1. The van der Waals surface area contributed by atoms with Crippen LogP contribution in [-0.4, -0.2) is 18.7 Å².